The quantitative estimate of drug-likeness (QED) is 0.726. The van der Waals surface area contributed by atoms with Crippen LogP contribution in [-0.2, 0) is 6.42 Å². The zero-order valence-electron chi connectivity index (χ0n) is 9.86. The third-order valence-corrected chi connectivity index (χ3v) is 4.20. The van der Waals surface area contributed by atoms with E-state index in [9.17, 15) is 0 Å². The van der Waals surface area contributed by atoms with Crippen molar-refractivity contribution in [2.45, 2.75) is 25.7 Å². The Morgan fingerprint density at radius 3 is 2.88 bits per heavy atom. The van der Waals surface area contributed by atoms with Crippen LogP contribution in [0.25, 0.3) is 0 Å². The molecule has 1 fully saturated rings. The van der Waals surface area contributed by atoms with Gasteiger partial charge in [0.25, 0.3) is 0 Å². The van der Waals surface area contributed by atoms with Gasteiger partial charge in [0.15, 0.2) is 0 Å². The molecule has 1 aliphatic heterocycles. The lowest BCUT2D eigenvalue weighted by Gasteiger charge is -2.27. The summed E-state index contributed by atoms with van der Waals surface area (Å²) in [5.41, 5.74) is 3.25. The van der Waals surface area contributed by atoms with Gasteiger partial charge in [-0.1, -0.05) is 31.2 Å². The number of likely N-dealkylation sites (tertiary alicyclic amines) is 1. The number of aryl methyl sites for hydroxylation is 1. The van der Waals surface area contributed by atoms with Crippen LogP contribution < -0.4 is 0 Å². The molecular formula is C14H20ClN. The highest BCUT2D eigenvalue weighted by Crippen LogP contribution is 2.40. The number of fused-ring (bicyclic) bond motifs is 3. The molecule has 16 heavy (non-hydrogen) atoms. The maximum atomic E-state index is 2.61. The fourth-order valence-corrected chi connectivity index (χ4v) is 3.33. The molecule has 0 unspecified atom stereocenters. The molecule has 1 aromatic carbocycles. The predicted molar refractivity (Wildman–Crippen MR) is 70.4 cm³/mol. The molecule has 0 spiro atoms. The number of nitrogens with zero attached hydrogens (tertiary/aromatic N) is 1. The first-order valence-electron chi connectivity index (χ1n) is 6.18. The van der Waals surface area contributed by atoms with Crippen LogP contribution >= 0.6 is 12.4 Å². The SMILES string of the molecule is CCN1C[C@@H]2CCc3ccccc3[C@@H]2C1.Cl. The summed E-state index contributed by atoms with van der Waals surface area (Å²) in [6.45, 7) is 6.12. The van der Waals surface area contributed by atoms with Gasteiger partial charge in [-0.05, 0) is 36.4 Å². The third-order valence-electron chi connectivity index (χ3n) is 4.20. The van der Waals surface area contributed by atoms with Crippen molar-refractivity contribution in [3.63, 3.8) is 0 Å². The van der Waals surface area contributed by atoms with Gasteiger partial charge in [-0.15, -0.1) is 12.4 Å². The number of halogens is 1. The molecule has 0 aromatic heterocycles. The maximum Gasteiger partial charge on any atom is 0.00535 e. The second kappa shape index (κ2) is 4.77. The van der Waals surface area contributed by atoms with E-state index in [1.807, 2.05) is 0 Å². The minimum atomic E-state index is 0. The van der Waals surface area contributed by atoms with E-state index in [4.69, 9.17) is 0 Å². The van der Waals surface area contributed by atoms with Gasteiger partial charge in [-0.2, -0.15) is 0 Å². The van der Waals surface area contributed by atoms with Gasteiger partial charge in [-0.3, -0.25) is 0 Å². The molecule has 0 N–H and O–H groups in total. The molecule has 3 rings (SSSR count). The second-order valence-electron chi connectivity index (χ2n) is 4.96. The van der Waals surface area contributed by atoms with Gasteiger partial charge in [0.1, 0.15) is 0 Å². The number of hydrogen-bond donors (Lipinski definition) is 0. The lowest BCUT2D eigenvalue weighted by atomic mass is 9.77. The minimum Gasteiger partial charge on any atom is -0.303 e. The van der Waals surface area contributed by atoms with Crippen molar-refractivity contribution in [2.75, 3.05) is 19.6 Å². The topological polar surface area (TPSA) is 3.24 Å². The van der Waals surface area contributed by atoms with Crippen LogP contribution in [0, 0.1) is 5.92 Å². The predicted octanol–water partition coefficient (Wildman–Crippen LogP) is 3.09. The standard InChI is InChI=1S/C14H19N.ClH/c1-2-15-9-12-8-7-11-5-3-4-6-13(11)14(12)10-15;/h3-6,12,14H,2,7-10H2,1H3;1H/t12-,14+;/m0./s1. The van der Waals surface area contributed by atoms with Crippen LogP contribution in [0.2, 0.25) is 0 Å². The molecule has 1 heterocycles. The highest BCUT2D eigenvalue weighted by molar-refractivity contribution is 5.85. The molecule has 2 atom stereocenters. The molecular weight excluding hydrogens is 218 g/mol. The van der Waals surface area contributed by atoms with Gasteiger partial charge in [0, 0.05) is 19.0 Å². The Hall–Kier alpha value is -0.530. The van der Waals surface area contributed by atoms with Gasteiger partial charge >= 0.3 is 0 Å². The van der Waals surface area contributed by atoms with E-state index < -0.39 is 0 Å². The third kappa shape index (κ3) is 1.87. The van der Waals surface area contributed by atoms with E-state index in [2.05, 4.69) is 36.1 Å². The highest BCUT2D eigenvalue weighted by Gasteiger charge is 2.36. The zero-order valence-corrected chi connectivity index (χ0v) is 10.7. The average molecular weight is 238 g/mol. The van der Waals surface area contributed by atoms with E-state index in [0.717, 1.165) is 11.8 Å². The number of hydrogen-bond acceptors (Lipinski definition) is 1. The van der Waals surface area contributed by atoms with Crippen LogP contribution in [0.4, 0.5) is 0 Å². The van der Waals surface area contributed by atoms with Crippen molar-refractivity contribution in [1.29, 1.82) is 0 Å². The Labute approximate surface area is 104 Å². The van der Waals surface area contributed by atoms with Crippen LogP contribution in [0.3, 0.4) is 0 Å². The molecule has 0 saturated carbocycles. The fourth-order valence-electron chi connectivity index (χ4n) is 3.33. The molecule has 1 nitrogen and oxygen atoms in total. The van der Waals surface area contributed by atoms with Crippen LogP contribution in [0.15, 0.2) is 24.3 Å². The Balaban J connectivity index is 0.000000963. The Kier molecular flexibility index (Phi) is 3.56. The van der Waals surface area contributed by atoms with Gasteiger partial charge in [0.05, 0.1) is 0 Å². The van der Waals surface area contributed by atoms with Crippen molar-refractivity contribution in [3.05, 3.63) is 35.4 Å². The van der Waals surface area contributed by atoms with Crippen LogP contribution in [-0.4, -0.2) is 24.5 Å². The Morgan fingerprint density at radius 1 is 1.25 bits per heavy atom. The van der Waals surface area contributed by atoms with Crippen molar-refractivity contribution in [3.8, 4) is 0 Å². The van der Waals surface area contributed by atoms with E-state index in [1.54, 1.807) is 11.1 Å². The second-order valence-corrected chi connectivity index (χ2v) is 4.96. The summed E-state index contributed by atoms with van der Waals surface area (Å²) in [5.74, 6) is 1.76. The van der Waals surface area contributed by atoms with Crippen molar-refractivity contribution >= 4 is 12.4 Å². The zero-order chi connectivity index (χ0) is 10.3. The normalized spacial score (nSPS) is 28.1. The first kappa shape index (κ1) is 11.9. The lowest BCUT2D eigenvalue weighted by molar-refractivity contribution is 0.338. The minimum absolute atomic E-state index is 0. The van der Waals surface area contributed by atoms with E-state index >= 15 is 0 Å². The van der Waals surface area contributed by atoms with E-state index in [0.29, 0.717) is 0 Å². The molecule has 1 aromatic rings. The van der Waals surface area contributed by atoms with Crippen LogP contribution in [0.1, 0.15) is 30.4 Å². The molecule has 2 heteroatoms. The molecule has 0 radical (unpaired) electrons. The first-order valence-corrected chi connectivity index (χ1v) is 6.18. The summed E-state index contributed by atoms with van der Waals surface area (Å²) in [4.78, 5) is 2.61. The molecule has 0 amide bonds. The first-order chi connectivity index (χ1) is 7.38. The van der Waals surface area contributed by atoms with Crippen molar-refractivity contribution < 1.29 is 0 Å². The fraction of sp³-hybridized carbons (Fsp3) is 0.571. The van der Waals surface area contributed by atoms with Gasteiger partial charge in [-0.25, -0.2) is 0 Å². The largest absolute Gasteiger partial charge is 0.303 e. The summed E-state index contributed by atoms with van der Waals surface area (Å²) >= 11 is 0. The lowest BCUT2D eigenvalue weighted by Crippen LogP contribution is -2.19. The molecule has 2 aliphatic rings. The smallest absolute Gasteiger partial charge is 0.00535 e. The van der Waals surface area contributed by atoms with Crippen molar-refractivity contribution in [2.24, 2.45) is 5.92 Å². The van der Waals surface area contributed by atoms with Gasteiger partial charge in [0.2, 0.25) is 0 Å². The number of likely N-dealkylation sites (N-methyl/N-ethyl adjacent to an activating group) is 1. The summed E-state index contributed by atoms with van der Waals surface area (Å²) in [6.07, 6.45) is 2.70. The summed E-state index contributed by atoms with van der Waals surface area (Å²) in [6, 6.07) is 9.06. The number of benzene rings is 1. The van der Waals surface area contributed by atoms with E-state index in [-0.39, 0.29) is 12.4 Å². The molecule has 1 saturated heterocycles. The van der Waals surface area contributed by atoms with Crippen LogP contribution in [0.5, 0.6) is 0 Å². The molecule has 88 valence electrons. The summed E-state index contributed by atoms with van der Waals surface area (Å²) in [7, 11) is 0. The molecule has 0 bridgehead atoms. The van der Waals surface area contributed by atoms with Crippen molar-refractivity contribution in [1.82, 2.24) is 4.90 Å². The number of rotatable bonds is 1. The summed E-state index contributed by atoms with van der Waals surface area (Å²) < 4.78 is 0. The summed E-state index contributed by atoms with van der Waals surface area (Å²) in [5, 5.41) is 0. The Bertz CT molecular complexity index is 364. The Morgan fingerprint density at radius 2 is 2.06 bits per heavy atom. The van der Waals surface area contributed by atoms with Gasteiger partial charge < -0.3 is 4.90 Å². The van der Waals surface area contributed by atoms with E-state index in [1.165, 1.54) is 32.5 Å². The average Bonchev–Trinajstić information content (AvgIpc) is 2.72. The monoisotopic (exact) mass is 237 g/mol. The maximum absolute atomic E-state index is 2.61. The highest BCUT2D eigenvalue weighted by atomic mass is 35.5. The molecule has 1 aliphatic carbocycles.